The Morgan fingerprint density at radius 2 is 1.84 bits per heavy atom. The van der Waals surface area contributed by atoms with Gasteiger partial charge < -0.3 is 10.4 Å². The van der Waals surface area contributed by atoms with Crippen LogP contribution in [0, 0.1) is 5.92 Å². The standard InChI is InChI=1S/C13H13Cl2NO3/c14-8-5-9(13(18)19)11(10(15)6-8)16-12(17)7-3-1-2-4-7/h5-7H,1-4H2,(H,16,17)(H,18,19). The van der Waals surface area contributed by atoms with E-state index in [1.165, 1.54) is 12.1 Å². The lowest BCUT2D eigenvalue weighted by Crippen LogP contribution is -2.22. The molecule has 0 saturated heterocycles. The molecule has 0 radical (unpaired) electrons. The Kier molecular flexibility index (Phi) is 4.32. The second-order valence-corrected chi connectivity index (χ2v) is 5.43. The highest BCUT2D eigenvalue weighted by atomic mass is 35.5. The van der Waals surface area contributed by atoms with Gasteiger partial charge in [-0.15, -0.1) is 0 Å². The molecule has 0 unspecified atom stereocenters. The number of halogens is 2. The van der Waals surface area contributed by atoms with E-state index in [-0.39, 0.29) is 33.1 Å². The number of carboxylic acids is 1. The molecule has 1 aliphatic rings. The van der Waals surface area contributed by atoms with Gasteiger partial charge in [0.2, 0.25) is 5.91 Å². The van der Waals surface area contributed by atoms with Crippen LogP contribution in [-0.2, 0) is 4.79 Å². The van der Waals surface area contributed by atoms with Crippen LogP contribution in [0.4, 0.5) is 5.69 Å². The van der Waals surface area contributed by atoms with E-state index in [1.54, 1.807) is 0 Å². The summed E-state index contributed by atoms with van der Waals surface area (Å²) in [6, 6.07) is 2.69. The number of amides is 1. The van der Waals surface area contributed by atoms with E-state index in [1.807, 2.05) is 0 Å². The molecule has 0 aliphatic heterocycles. The number of hydrogen-bond acceptors (Lipinski definition) is 2. The summed E-state index contributed by atoms with van der Waals surface area (Å²) >= 11 is 11.7. The molecule has 1 aromatic rings. The summed E-state index contributed by atoms with van der Waals surface area (Å²) in [6.07, 6.45) is 3.72. The van der Waals surface area contributed by atoms with Crippen LogP contribution >= 0.6 is 23.2 Å². The maximum Gasteiger partial charge on any atom is 0.337 e. The van der Waals surface area contributed by atoms with Crippen molar-refractivity contribution in [3.8, 4) is 0 Å². The van der Waals surface area contributed by atoms with Crippen molar-refractivity contribution in [2.45, 2.75) is 25.7 Å². The number of carbonyl (C=O) groups excluding carboxylic acids is 1. The van der Waals surface area contributed by atoms with Crippen molar-refractivity contribution in [3.05, 3.63) is 27.7 Å². The number of rotatable bonds is 3. The molecule has 0 heterocycles. The first kappa shape index (κ1) is 14.2. The Bertz CT molecular complexity index is 525. The Balaban J connectivity index is 2.28. The van der Waals surface area contributed by atoms with Crippen molar-refractivity contribution in [2.75, 3.05) is 5.32 Å². The Morgan fingerprint density at radius 3 is 2.42 bits per heavy atom. The summed E-state index contributed by atoms with van der Waals surface area (Å²) in [5.41, 5.74) is 0.0271. The molecule has 102 valence electrons. The molecule has 1 fully saturated rings. The van der Waals surface area contributed by atoms with Gasteiger partial charge in [-0.25, -0.2) is 4.79 Å². The lowest BCUT2D eigenvalue weighted by molar-refractivity contribution is -0.119. The van der Waals surface area contributed by atoms with Crippen LogP contribution in [0.5, 0.6) is 0 Å². The van der Waals surface area contributed by atoms with Crippen molar-refractivity contribution < 1.29 is 14.7 Å². The monoisotopic (exact) mass is 301 g/mol. The summed E-state index contributed by atoms with van der Waals surface area (Å²) in [4.78, 5) is 23.2. The lowest BCUT2D eigenvalue weighted by Gasteiger charge is -2.14. The second-order valence-electron chi connectivity index (χ2n) is 4.59. The highest BCUT2D eigenvalue weighted by Gasteiger charge is 2.25. The topological polar surface area (TPSA) is 66.4 Å². The number of carbonyl (C=O) groups is 2. The fourth-order valence-electron chi connectivity index (χ4n) is 2.28. The maximum absolute atomic E-state index is 12.0. The Hall–Kier alpha value is -1.26. The minimum absolute atomic E-state index is 0.0617. The number of nitrogens with one attached hydrogen (secondary N) is 1. The summed E-state index contributed by atoms with van der Waals surface area (Å²) in [5.74, 6) is -1.41. The fraction of sp³-hybridized carbons (Fsp3) is 0.385. The van der Waals surface area contributed by atoms with Gasteiger partial charge in [0.1, 0.15) is 0 Å². The highest BCUT2D eigenvalue weighted by molar-refractivity contribution is 6.37. The quantitative estimate of drug-likeness (QED) is 0.892. The van der Waals surface area contributed by atoms with E-state index in [0.29, 0.717) is 0 Å². The van der Waals surface area contributed by atoms with Crippen LogP contribution in [0.3, 0.4) is 0 Å². The predicted molar refractivity (Wildman–Crippen MR) is 74.0 cm³/mol. The minimum atomic E-state index is -1.17. The van der Waals surface area contributed by atoms with Gasteiger partial charge in [0, 0.05) is 10.9 Å². The molecule has 1 saturated carbocycles. The summed E-state index contributed by atoms with van der Waals surface area (Å²) in [7, 11) is 0. The van der Waals surface area contributed by atoms with Crippen molar-refractivity contribution in [1.82, 2.24) is 0 Å². The smallest absolute Gasteiger partial charge is 0.337 e. The number of aromatic carboxylic acids is 1. The van der Waals surface area contributed by atoms with Crippen LogP contribution in [0.15, 0.2) is 12.1 Å². The van der Waals surface area contributed by atoms with Crippen LogP contribution < -0.4 is 5.32 Å². The molecular weight excluding hydrogens is 289 g/mol. The Morgan fingerprint density at radius 1 is 1.21 bits per heavy atom. The second kappa shape index (κ2) is 5.80. The molecule has 1 amide bonds. The highest BCUT2D eigenvalue weighted by Crippen LogP contribution is 2.32. The maximum atomic E-state index is 12.0. The first-order valence-corrected chi connectivity index (χ1v) is 6.78. The number of benzene rings is 1. The van der Waals surface area contributed by atoms with Gasteiger partial charge in [-0.1, -0.05) is 36.0 Å². The van der Waals surface area contributed by atoms with Gasteiger partial charge in [0.15, 0.2) is 0 Å². The van der Waals surface area contributed by atoms with Crippen molar-refractivity contribution in [3.63, 3.8) is 0 Å². The zero-order valence-electron chi connectivity index (χ0n) is 10.1. The summed E-state index contributed by atoms with van der Waals surface area (Å²) in [6.45, 7) is 0. The van der Waals surface area contributed by atoms with Gasteiger partial charge in [0.05, 0.1) is 16.3 Å². The van der Waals surface area contributed by atoms with E-state index < -0.39 is 5.97 Å². The molecule has 0 bridgehead atoms. The normalized spacial score (nSPS) is 15.5. The van der Waals surface area contributed by atoms with E-state index in [0.717, 1.165) is 25.7 Å². The largest absolute Gasteiger partial charge is 0.478 e. The van der Waals surface area contributed by atoms with Gasteiger partial charge in [-0.05, 0) is 25.0 Å². The van der Waals surface area contributed by atoms with Gasteiger partial charge in [-0.2, -0.15) is 0 Å². The van der Waals surface area contributed by atoms with Crippen LogP contribution in [0.1, 0.15) is 36.0 Å². The van der Waals surface area contributed by atoms with Crippen molar-refractivity contribution in [1.29, 1.82) is 0 Å². The zero-order valence-corrected chi connectivity index (χ0v) is 11.6. The molecule has 0 aromatic heterocycles. The average Bonchev–Trinajstić information content (AvgIpc) is 2.85. The van der Waals surface area contributed by atoms with Crippen LogP contribution in [-0.4, -0.2) is 17.0 Å². The predicted octanol–water partition coefficient (Wildman–Crippen LogP) is 3.82. The molecule has 2 N–H and O–H groups in total. The molecule has 4 nitrogen and oxygen atoms in total. The third-order valence-electron chi connectivity index (χ3n) is 3.26. The number of anilines is 1. The van der Waals surface area contributed by atoms with E-state index in [9.17, 15) is 9.59 Å². The SMILES string of the molecule is O=C(O)c1cc(Cl)cc(Cl)c1NC(=O)C1CCCC1. The van der Waals surface area contributed by atoms with Gasteiger partial charge >= 0.3 is 5.97 Å². The molecule has 6 heteroatoms. The molecule has 0 spiro atoms. The molecule has 0 atom stereocenters. The third-order valence-corrected chi connectivity index (χ3v) is 3.78. The average molecular weight is 302 g/mol. The molecule has 19 heavy (non-hydrogen) atoms. The molecule has 1 aliphatic carbocycles. The lowest BCUT2D eigenvalue weighted by atomic mass is 10.1. The van der Waals surface area contributed by atoms with Gasteiger partial charge in [0.25, 0.3) is 0 Å². The van der Waals surface area contributed by atoms with Crippen LogP contribution in [0.2, 0.25) is 10.0 Å². The minimum Gasteiger partial charge on any atom is -0.478 e. The first-order chi connectivity index (χ1) is 8.99. The fourth-order valence-corrected chi connectivity index (χ4v) is 2.82. The zero-order chi connectivity index (χ0) is 14.0. The molecular formula is C13H13Cl2NO3. The molecule has 2 rings (SSSR count). The number of carboxylic acid groups (broad SMARTS) is 1. The van der Waals surface area contributed by atoms with Crippen LogP contribution in [0.25, 0.3) is 0 Å². The van der Waals surface area contributed by atoms with E-state index in [2.05, 4.69) is 5.32 Å². The van der Waals surface area contributed by atoms with Crippen molar-refractivity contribution >= 4 is 40.8 Å². The Labute approximate surface area is 120 Å². The number of hydrogen-bond donors (Lipinski definition) is 2. The first-order valence-electron chi connectivity index (χ1n) is 6.02. The van der Waals surface area contributed by atoms with Crippen molar-refractivity contribution in [2.24, 2.45) is 5.92 Å². The summed E-state index contributed by atoms with van der Waals surface area (Å²) < 4.78 is 0. The third kappa shape index (κ3) is 3.19. The van der Waals surface area contributed by atoms with E-state index in [4.69, 9.17) is 28.3 Å². The van der Waals surface area contributed by atoms with E-state index >= 15 is 0 Å². The summed E-state index contributed by atoms with van der Waals surface area (Å²) in [5, 5.41) is 12.1. The van der Waals surface area contributed by atoms with Gasteiger partial charge in [-0.3, -0.25) is 4.79 Å². The molecule has 1 aromatic carbocycles.